The number of rotatable bonds is 5. The summed E-state index contributed by atoms with van der Waals surface area (Å²) in [5.41, 5.74) is 2.42. The lowest BCUT2D eigenvalue weighted by molar-refractivity contribution is 0.341. The number of phenolic OH excluding ortho intramolecular Hbond substituents is 2. The Kier molecular flexibility index (Phi) is 4.58. The van der Waals surface area contributed by atoms with Gasteiger partial charge in [-0.2, -0.15) is 0 Å². The lowest BCUT2D eigenvalue weighted by atomic mass is 10.1. The van der Waals surface area contributed by atoms with Crippen LogP contribution in [0.1, 0.15) is 31.0 Å². The fourth-order valence-electron chi connectivity index (χ4n) is 2.31. The molecule has 0 radical (unpaired) electrons. The number of ether oxygens (including phenoxy) is 1. The number of aromatic hydroxyl groups is 2. The molecule has 2 aromatic rings. The summed E-state index contributed by atoms with van der Waals surface area (Å²) in [6.45, 7) is 6.40. The van der Waals surface area contributed by atoms with Crippen molar-refractivity contribution in [1.82, 2.24) is 0 Å². The fourth-order valence-corrected chi connectivity index (χ4v) is 2.31. The van der Waals surface area contributed by atoms with Crippen molar-refractivity contribution >= 4 is 5.69 Å². The summed E-state index contributed by atoms with van der Waals surface area (Å²) in [6, 6.07) is 10.4. The lowest BCUT2D eigenvalue weighted by Gasteiger charge is -2.20. The van der Waals surface area contributed by atoms with Gasteiger partial charge in [-0.25, -0.2) is 0 Å². The van der Waals surface area contributed by atoms with Gasteiger partial charge in [0.05, 0.1) is 23.9 Å². The van der Waals surface area contributed by atoms with Crippen molar-refractivity contribution in [2.45, 2.75) is 26.8 Å². The summed E-state index contributed by atoms with van der Waals surface area (Å²) in [5, 5.41) is 23.1. The van der Waals surface area contributed by atoms with Crippen LogP contribution in [0.3, 0.4) is 0 Å². The molecule has 4 nitrogen and oxygen atoms in total. The molecule has 0 aliphatic carbocycles. The zero-order valence-corrected chi connectivity index (χ0v) is 12.6. The quantitative estimate of drug-likeness (QED) is 0.778. The van der Waals surface area contributed by atoms with Gasteiger partial charge in [-0.1, -0.05) is 12.1 Å². The van der Waals surface area contributed by atoms with Crippen LogP contribution in [0, 0.1) is 6.92 Å². The summed E-state index contributed by atoms with van der Waals surface area (Å²) in [4.78, 5) is 0. The first-order chi connectivity index (χ1) is 10.0. The maximum absolute atomic E-state index is 9.93. The molecule has 2 rings (SSSR count). The Balaban J connectivity index is 2.29. The summed E-state index contributed by atoms with van der Waals surface area (Å²) < 4.78 is 5.63. The zero-order valence-electron chi connectivity index (χ0n) is 12.6. The molecule has 21 heavy (non-hydrogen) atoms. The van der Waals surface area contributed by atoms with Crippen molar-refractivity contribution in [1.29, 1.82) is 0 Å². The smallest absolute Gasteiger partial charge is 0.142 e. The average molecular weight is 287 g/mol. The lowest BCUT2D eigenvalue weighted by Crippen LogP contribution is -2.09. The molecule has 0 saturated carbocycles. The molecule has 112 valence electrons. The Morgan fingerprint density at radius 2 is 1.81 bits per heavy atom. The van der Waals surface area contributed by atoms with Crippen LogP contribution in [-0.4, -0.2) is 16.8 Å². The van der Waals surface area contributed by atoms with E-state index in [1.165, 1.54) is 0 Å². The van der Waals surface area contributed by atoms with E-state index in [4.69, 9.17) is 4.74 Å². The molecule has 1 unspecified atom stereocenters. The van der Waals surface area contributed by atoms with Gasteiger partial charge in [-0.3, -0.25) is 0 Å². The SMILES string of the molecule is CCOc1cc(C)ccc1NC(C)c1c(O)cccc1O. The largest absolute Gasteiger partial charge is 0.507 e. The minimum absolute atomic E-state index is 0.0695. The molecule has 0 aliphatic rings. The van der Waals surface area contributed by atoms with E-state index in [0.29, 0.717) is 12.2 Å². The van der Waals surface area contributed by atoms with Crippen molar-refractivity contribution < 1.29 is 14.9 Å². The van der Waals surface area contributed by atoms with Crippen LogP contribution in [0.25, 0.3) is 0 Å². The Labute approximate surface area is 125 Å². The molecule has 0 spiro atoms. The van der Waals surface area contributed by atoms with E-state index in [2.05, 4.69) is 5.32 Å². The predicted octanol–water partition coefficient (Wildman–Crippen LogP) is 3.98. The second-order valence-corrected chi connectivity index (χ2v) is 5.01. The van der Waals surface area contributed by atoms with Gasteiger partial charge in [-0.15, -0.1) is 0 Å². The van der Waals surface area contributed by atoms with Gasteiger partial charge in [0.2, 0.25) is 0 Å². The molecular formula is C17H21NO3. The van der Waals surface area contributed by atoms with E-state index >= 15 is 0 Å². The van der Waals surface area contributed by atoms with Gasteiger partial charge in [0.25, 0.3) is 0 Å². The molecule has 0 amide bonds. The summed E-state index contributed by atoms with van der Waals surface area (Å²) in [6.07, 6.45) is 0. The predicted molar refractivity (Wildman–Crippen MR) is 84.2 cm³/mol. The third-order valence-corrected chi connectivity index (χ3v) is 3.30. The molecule has 1 atom stereocenters. The molecular weight excluding hydrogens is 266 g/mol. The normalized spacial score (nSPS) is 12.0. The van der Waals surface area contributed by atoms with Crippen molar-refractivity contribution in [2.24, 2.45) is 0 Å². The van der Waals surface area contributed by atoms with E-state index in [9.17, 15) is 10.2 Å². The molecule has 4 heteroatoms. The van der Waals surface area contributed by atoms with E-state index < -0.39 is 0 Å². The second kappa shape index (κ2) is 6.39. The Morgan fingerprint density at radius 3 is 2.43 bits per heavy atom. The summed E-state index contributed by atoms with van der Waals surface area (Å²) in [5.74, 6) is 0.902. The monoisotopic (exact) mass is 287 g/mol. The topological polar surface area (TPSA) is 61.7 Å². The van der Waals surface area contributed by atoms with Crippen LogP contribution >= 0.6 is 0 Å². The first-order valence-electron chi connectivity index (χ1n) is 7.03. The van der Waals surface area contributed by atoms with Gasteiger partial charge >= 0.3 is 0 Å². The van der Waals surface area contributed by atoms with Gasteiger partial charge < -0.3 is 20.3 Å². The van der Waals surface area contributed by atoms with E-state index in [1.54, 1.807) is 18.2 Å². The van der Waals surface area contributed by atoms with Crippen LogP contribution in [0.5, 0.6) is 17.2 Å². The number of anilines is 1. The standard InChI is InChI=1S/C17H21NO3/c1-4-21-16-10-11(2)8-9-13(16)18-12(3)17-14(19)6-5-7-15(17)20/h5-10,12,18-20H,4H2,1-3H3. The maximum Gasteiger partial charge on any atom is 0.142 e. The number of hydrogen-bond donors (Lipinski definition) is 3. The number of aryl methyl sites for hydroxylation is 1. The Hall–Kier alpha value is -2.36. The Bertz CT molecular complexity index is 605. The molecule has 3 N–H and O–H groups in total. The number of phenols is 2. The number of benzene rings is 2. The number of nitrogens with one attached hydrogen (secondary N) is 1. The van der Waals surface area contributed by atoms with Crippen LogP contribution in [0.4, 0.5) is 5.69 Å². The van der Waals surface area contributed by atoms with Crippen molar-refractivity contribution in [3.05, 3.63) is 47.5 Å². The Morgan fingerprint density at radius 1 is 1.14 bits per heavy atom. The summed E-state index contributed by atoms with van der Waals surface area (Å²) in [7, 11) is 0. The first kappa shape index (κ1) is 15.0. The van der Waals surface area contributed by atoms with Gasteiger partial charge in [0.1, 0.15) is 17.2 Å². The fraction of sp³-hybridized carbons (Fsp3) is 0.294. The van der Waals surface area contributed by atoms with E-state index in [0.717, 1.165) is 17.0 Å². The molecule has 0 aromatic heterocycles. The van der Waals surface area contributed by atoms with E-state index in [1.807, 2.05) is 39.0 Å². The molecule has 0 fully saturated rings. The highest BCUT2D eigenvalue weighted by Gasteiger charge is 2.16. The third-order valence-electron chi connectivity index (χ3n) is 3.30. The van der Waals surface area contributed by atoms with E-state index in [-0.39, 0.29) is 17.5 Å². The first-order valence-corrected chi connectivity index (χ1v) is 7.03. The summed E-state index contributed by atoms with van der Waals surface area (Å²) >= 11 is 0. The van der Waals surface area contributed by atoms with Crippen molar-refractivity contribution in [3.63, 3.8) is 0 Å². The zero-order chi connectivity index (χ0) is 15.4. The highest BCUT2D eigenvalue weighted by molar-refractivity contribution is 5.60. The van der Waals surface area contributed by atoms with Gasteiger partial charge in [-0.05, 0) is 50.6 Å². The maximum atomic E-state index is 9.93. The molecule has 0 saturated heterocycles. The highest BCUT2D eigenvalue weighted by atomic mass is 16.5. The van der Waals surface area contributed by atoms with Crippen LogP contribution in [-0.2, 0) is 0 Å². The number of hydrogen-bond acceptors (Lipinski definition) is 4. The van der Waals surface area contributed by atoms with Gasteiger partial charge in [0.15, 0.2) is 0 Å². The third kappa shape index (κ3) is 3.40. The molecule has 0 aliphatic heterocycles. The highest BCUT2D eigenvalue weighted by Crippen LogP contribution is 2.36. The molecule has 0 heterocycles. The van der Waals surface area contributed by atoms with Crippen molar-refractivity contribution in [2.75, 3.05) is 11.9 Å². The molecule has 2 aromatic carbocycles. The van der Waals surface area contributed by atoms with Crippen LogP contribution in [0.2, 0.25) is 0 Å². The van der Waals surface area contributed by atoms with Crippen LogP contribution in [0.15, 0.2) is 36.4 Å². The minimum atomic E-state index is -0.256. The van der Waals surface area contributed by atoms with Crippen molar-refractivity contribution in [3.8, 4) is 17.2 Å². The average Bonchev–Trinajstić information content (AvgIpc) is 2.42. The second-order valence-electron chi connectivity index (χ2n) is 5.01. The minimum Gasteiger partial charge on any atom is -0.507 e. The van der Waals surface area contributed by atoms with Gasteiger partial charge in [0, 0.05) is 0 Å². The van der Waals surface area contributed by atoms with Crippen LogP contribution < -0.4 is 10.1 Å². The molecule has 0 bridgehead atoms.